The Hall–Kier alpha value is -1.70. The van der Waals surface area contributed by atoms with E-state index >= 15 is 0 Å². The average molecular weight is 442 g/mol. The smallest absolute Gasteiger partial charge is 0.193 e. The first-order valence-corrected chi connectivity index (χ1v) is 7.79. The fourth-order valence-electron chi connectivity index (χ4n) is 2.58. The summed E-state index contributed by atoms with van der Waals surface area (Å²) in [5.74, 6) is 1.82. The summed E-state index contributed by atoms with van der Waals surface area (Å²) in [5.41, 5.74) is 2.45. The van der Waals surface area contributed by atoms with Crippen LogP contribution in [0.5, 0.6) is 5.75 Å². The Morgan fingerprint density at radius 2 is 2.00 bits per heavy atom. The molecule has 1 N–H and O–H groups in total. The van der Waals surface area contributed by atoms with Gasteiger partial charge in [0.1, 0.15) is 5.75 Å². The van der Waals surface area contributed by atoms with Crippen LogP contribution in [-0.2, 0) is 20.0 Å². The molecular formula is C18H27IN4O. The summed E-state index contributed by atoms with van der Waals surface area (Å²) < 4.78 is 7.51. The zero-order chi connectivity index (χ0) is 16.7. The molecule has 0 unspecified atom stereocenters. The van der Waals surface area contributed by atoms with Gasteiger partial charge in [-0.25, -0.2) is 0 Å². The van der Waals surface area contributed by atoms with Crippen molar-refractivity contribution in [1.29, 1.82) is 0 Å². The van der Waals surface area contributed by atoms with Crippen molar-refractivity contribution in [1.82, 2.24) is 14.8 Å². The molecule has 5 nitrogen and oxygen atoms in total. The number of ether oxygens (including phenoxy) is 1. The van der Waals surface area contributed by atoms with E-state index in [9.17, 15) is 0 Å². The zero-order valence-electron chi connectivity index (χ0n) is 14.8. The SMILES string of the molecule is CN=C(NCCc1ccccc1OC)N(C)Cc1cccn1C.I. The van der Waals surface area contributed by atoms with Gasteiger partial charge in [0, 0.05) is 39.6 Å². The van der Waals surface area contributed by atoms with E-state index in [4.69, 9.17) is 4.74 Å². The van der Waals surface area contributed by atoms with Gasteiger partial charge in [0.05, 0.1) is 13.7 Å². The number of hydrogen-bond acceptors (Lipinski definition) is 2. The van der Waals surface area contributed by atoms with E-state index in [0.717, 1.165) is 31.2 Å². The largest absolute Gasteiger partial charge is 0.496 e. The fraction of sp³-hybridized carbons (Fsp3) is 0.389. The van der Waals surface area contributed by atoms with Gasteiger partial charge < -0.3 is 19.5 Å². The van der Waals surface area contributed by atoms with Gasteiger partial charge in [-0.15, -0.1) is 24.0 Å². The molecule has 24 heavy (non-hydrogen) atoms. The summed E-state index contributed by atoms with van der Waals surface area (Å²) in [7, 11) is 7.62. The highest BCUT2D eigenvalue weighted by Crippen LogP contribution is 2.17. The van der Waals surface area contributed by atoms with Gasteiger partial charge in [0.25, 0.3) is 0 Å². The molecule has 6 heteroatoms. The molecule has 2 rings (SSSR count). The highest BCUT2D eigenvalue weighted by Gasteiger charge is 2.08. The second-order valence-electron chi connectivity index (χ2n) is 5.50. The monoisotopic (exact) mass is 442 g/mol. The predicted octanol–water partition coefficient (Wildman–Crippen LogP) is 2.90. The number of nitrogens with zero attached hydrogens (tertiary/aromatic N) is 3. The minimum absolute atomic E-state index is 0. The lowest BCUT2D eigenvalue weighted by Gasteiger charge is -2.22. The van der Waals surface area contributed by atoms with Crippen molar-refractivity contribution in [3.63, 3.8) is 0 Å². The highest BCUT2D eigenvalue weighted by atomic mass is 127. The van der Waals surface area contributed by atoms with Gasteiger partial charge in [-0.1, -0.05) is 18.2 Å². The van der Waals surface area contributed by atoms with Gasteiger partial charge in [-0.2, -0.15) is 0 Å². The maximum absolute atomic E-state index is 5.39. The molecule has 0 fully saturated rings. The molecule has 0 aliphatic rings. The van der Waals surface area contributed by atoms with E-state index in [0.29, 0.717) is 0 Å². The third-order valence-electron chi connectivity index (χ3n) is 3.89. The molecule has 1 aromatic heterocycles. The third kappa shape index (κ3) is 5.43. The quantitative estimate of drug-likeness (QED) is 0.425. The van der Waals surface area contributed by atoms with Crippen LogP contribution in [0.1, 0.15) is 11.3 Å². The first kappa shape index (κ1) is 20.3. The van der Waals surface area contributed by atoms with E-state index < -0.39 is 0 Å². The second kappa shape index (κ2) is 10.2. The van der Waals surface area contributed by atoms with Gasteiger partial charge >= 0.3 is 0 Å². The van der Waals surface area contributed by atoms with Crippen molar-refractivity contribution >= 4 is 29.9 Å². The number of halogens is 1. The molecular weight excluding hydrogens is 415 g/mol. The Morgan fingerprint density at radius 3 is 2.62 bits per heavy atom. The molecule has 0 saturated carbocycles. The molecule has 0 amide bonds. The normalized spacial score (nSPS) is 10.9. The van der Waals surface area contributed by atoms with Crippen molar-refractivity contribution in [2.24, 2.45) is 12.0 Å². The van der Waals surface area contributed by atoms with Crippen molar-refractivity contribution in [3.8, 4) is 5.75 Å². The van der Waals surface area contributed by atoms with Crippen LogP contribution >= 0.6 is 24.0 Å². The molecule has 1 heterocycles. The maximum Gasteiger partial charge on any atom is 0.193 e. The van der Waals surface area contributed by atoms with E-state index in [1.807, 2.05) is 32.3 Å². The molecule has 0 aliphatic heterocycles. The number of methoxy groups -OCH3 is 1. The van der Waals surface area contributed by atoms with E-state index in [1.165, 1.54) is 11.3 Å². The number of hydrogen-bond donors (Lipinski definition) is 1. The average Bonchev–Trinajstić information content (AvgIpc) is 2.96. The number of guanidine groups is 1. The van der Waals surface area contributed by atoms with Gasteiger partial charge in [0.15, 0.2) is 5.96 Å². The maximum atomic E-state index is 5.39. The Kier molecular flexibility index (Phi) is 8.67. The van der Waals surface area contributed by atoms with Crippen LogP contribution in [0.25, 0.3) is 0 Å². The Labute approximate surface area is 161 Å². The van der Waals surface area contributed by atoms with Gasteiger partial charge in [-0.3, -0.25) is 4.99 Å². The number of aryl methyl sites for hydroxylation is 1. The number of aromatic nitrogens is 1. The molecule has 0 spiro atoms. The topological polar surface area (TPSA) is 41.8 Å². The summed E-state index contributed by atoms with van der Waals surface area (Å²) in [4.78, 5) is 6.49. The molecule has 0 atom stereocenters. The Morgan fingerprint density at radius 1 is 1.25 bits per heavy atom. The molecule has 1 aromatic carbocycles. The van der Waals surface area contributed by atoms with Crippen LogP contribution in [0.4, 0.5) is 0 Å². The number of para-hydroxylation sites is 1. The molecule has 132 valence electrons. The van der Waals surface area contributed by atoms with Gasteiger partial charge in [-0.05, 0) is 30.2 Å². The summed E-state index contributed by atoms with van der Waals surface area (Å²) in [6.07, 6.45) is 2.95. The van der Waals surface area contributed by atoms with Crippen molar-refractivity contribution < 1.29 is 4.74 Å². The first-order valence-electron chi connectivity index (χ1n) is 7.79. The number of benzene rings is 1. The lowest BCUT2D eigenvalue weighted by molar-refractivity contribution is 0.409. The Balaban J connectivity index is 0.00000288. The van der Waals surface area contributed by atoms with Crippen LogP contribution in [0.2, 0.25) is 0 Å². The summed E-state index contributed by atoms with van der Waals surface area (Å²) >= 11 is 0. The van der Waals surface area contributed by atoms with Crippen LogP contribution < -0.4 is 10.1 Å². The lowest BCUT2D eigenvalue weighted by atomic mass is 10.1. The molecule has 2 aromatic rings. The van der Waals surface area contributed by atoms with Crippen molar-refractivity contribution in [2.75, 3.05) is 27.7 Å². The Bertz CT molecular complexity index is 654. The van der Waals surface area contributed by atoms with Crippen molar-refractivity contribution in [3.05, 3.63) is 53.9 Å². The minimum atomic E-state index is 0. The fourth-order valence-corrected chi connectivity index (χ4v) is 2.58. The van der Waals surface area contributed by atoms with Crippen LogP contribution in [0.3, 0.4) is 0 Å². The molecule has 0 aliphatic carbocycles. The molecule has 0 bridgehead atoms. The number of aliphatic imine (C=N–C) groups is 1. The highest BCUT2D eigenvalue weighted by molar-refractivity contribution is 14.0. The van der Waals surface area contributed by atoms with E-state index in [1.54, 1.807) is 7.11 Å². The van der Waals surface area contributed by atoms with Crippen LogP contribution in [0.15, 0.2) is 47.6 Å². The minimum Gasteiger partial charge on any atom is -0.496 e. The lowest BCUT2D eigenvalue weighted by Crippen LogP contribution is -2.39. The van der Waals surface area contributed by atoms with Crippen LogP contribution in [-0.4, -0.2) is 43.2 Å². The summed E-state index contributed by atoms with van der Waals surface area (Å²) in [5, 5.41) is 3.41. The third-order valence-corrected chi connectivity index (χ3v) is 3.89. The zero-order valence-corrected chi connectivity index (χ0v) is 17.2. The number of rotatable bonds is 6. The van der Waals surface area contributed by atoms with E-state index in [-0.39, 0.29) is 24.0 Å². The summed E-state index contributed by atoms with van der Waals surface area (Å²) in [6, 6.07) is 12.3. The summed E-state index contributed by atoms with van der Waals surface area (Å²) in [6.45, 7) is 1.63. The van der Waals surface area contributed by atoms with Crippen molar-refractivity contribution in [2.45, 2.75) is 13.0 Å². The predicted molar refractivity (Wildman–Crippen MR) is 110 cm³/mol. The van der Waals surface area contributed by atoms with E-state index in [2.05, 4.69) is 51.2 Å². The molecule has 0 radical (unpaired) electrons. The molecule has 0 saturated heterocycles. The standard InChI is InChI=1S/C18H26N4O.HI/c1-19-18(22(3)14-16-9-7-13-21(16)2)20-12-11-15-8-5-6-10-17(15)23-4;/h5-10,13H,11-12,14H2,1-4H3,(H,19,20);1H. The first-order chi connectivity index (χ1) is 11.2. The van der Waals surface area contributed by atoms with Crippen LogP contribution in [0, 0.1) is 0 Å². The second-order valence-corrected chi connectivity index (χ2v) is 5.50. The number of nitrogens with one attached hydrogen (secondary N) is 1. The van der Waals surface area contributed by atoms with Gasteiger partial charge in [0.2, 0.25) is 0 Å².